The van der Waals surface area contributed by atoms with Gasteiger partial charge in [-0.2, -0.15) is 10.2 Å². The highest BCUT2D eigenvalue weighted by Gasteiger charge is 2.12. The number of carbonyl (C=O) groups is 1. The van der Waals surface area contributed by atoms with E-state index in [9.17, 15) is 4.79 Å². The maximum atomic E-state index is 12.1. The first-order valence-electron chi connectivity index (χ1n) is 8.84. The number of H-pyrrole nitrogens is 2. The molecule has 0 aliphatic heterocycles. The Bertz CT molecular complexity index is 1080. The van der Waals surface area contributed by atoms with Gasteiger partial charge in [0.05, 0.1) is 11.2 Å². The fraction of sp³-hybridized carbons (Fsp3) is 0.200. The summed E-state index contributed by atoms with van der Waals surface area (Å²) in [5.74, 6) is 1.04. The number of amides is 1. The van der Waals surface area contributed by atoms with Gasteiger partial charge in [-0.1, -0.05) is 26.0 Å². The average Bonchev–Trinajstić information content (AvgIpc) is 3.30. The molecule has 0 unspecified atom stereocenters. The van der Waals surface area contributed by atoms with Crippen LogP contribution in [0.2, 0.25) is 0 Å². The van der Waals surface area contributed by atoms with Gasteiger partial charge in [0, 0.05) is 28.6 Å². The lowest BCUT2D eigenvalue weighted by molar-refractivity contribution is -0.116. The van der Waals surface area contributed by atoms with E-state index in [1.54, 1.807) is 0 Å². The van der Waals surface area contributed by atoms with E-state index in [0.29, 0.717) is 18.2 Å². The van der Waals surface area contributed by atoms with Gasteiger partial charge in [0.2, 0.25) is 5.91 Å². The highest BCUT2D eigenvalue weighted by Crippen LogP contribution is 2.30. The van der Waals surface area contributed by atoms with Crippen LogP contribution in [0, 0.1) is 5.92 Å². The topological polar surface area (TPSA) is 99.3 Å². The second kappa shape index (κ2) is 7.03. The molecule has 0 saturated heterocycles. The van der Waals surface area contributed by atoms with E-state index in [-0.39, 0.29) is 5.91 Å². The Morgan fingerprint density at radius 2 is 2.00 bits per heavy atom. The Morgan fingerprint density at radius 1 is 1.11 bits per heavy atom. The van der Waals surface area contributed by atoms with E-state index in [1.165, 1.54) is 6.33 Å². The van der Waals surface area contributed by atoms with Crippen LogP contribution < -0.4 is 5.32 Å². The van der Waals surface area contributed by atoms with Gasteiger partial charge in [-0.15, -0.1) is 0 Å². The van der Waals surface area contributed by atoms with Crippen LogP contribution in [-0.4, -0.2) is 31.3 Å². The fourth-order valence-electron chi connectivity index (χ4n) is 3.05. The molecule has 136 valence electrons. The van der Waals surface area contributed by atoms with Crippen molar-refractivity contribution in [2.75, 3.05) is 5.32 Å². The molecule has 4 aromatic rings. The summed E-state index contributed by atoms with van der Waals surface area (Å²) in [7, 11) is 0. The maximum absolute atomic E-state index is 12.1. The summed E-state index contributed by atoms with van der Waals surface area (Å²) in [6.07, 6.45) is 1.98. The number of anilines is 1. The van der Waals surface area contributed by atoms with Crippen LogP contribution in [0.5, 0.6) is 0 Å². The molecule has 3 N–H and O–H groups in total. The summed E-state index contributed by atoms with van der Waals surface area (Å²) in [6, 6.07) is 13.7. The third-order valence-electron chi connectivity index (χ3n) is 4.26. The van der Waals surface area contributed by atoms with Crippen molar-refractivity contribution < 1.29 is 4.79 Å². The Labute approximate surface area is 156 Å². The zero-order chi connectivity index (χ0) is 18.8. The van der Waals surface area contributed by atoms with Crippen molar-refractivity contribution in [1.82, 2.24) is 25.4 Å². The molecule has 0 atom stereocenters. The molecule has 0 saturated carbocycles. The third-order valence-corrected chi connectivity index (χ3v) is 4.26. The summed E-state index contributed by atoms with van der Waals surface area (Å²) >= 11 is 0. The van der Waals surface area contributed by atoms with Gasteiger partial charge in [0.1, 0.15) is 6.33 Å². The van der Waals surface area contributed by atoms with Crippen LogP contribution in [0.1, 0.15) is 20.3 Å². The minimum Gasteiger partial charge on any atom is -0.326 e. The van der Waals surface area contributed by atoms with E-state index < -0.39 is 0 Å². The molecule has 0 spiro atoms. The number of aromatic amines is 2. The van der Waals surface area contributed by atoms with Gasteiger partial charge in [-0.05, 0) is 36.2 Å². The van der Waals surface area contributed by atoms with Crippen molar-refractivity contribution in [2.24, 2.45) is 5.92 Å². The van der Waals surface area contributed by atoms with Crippen molar-refractivity contribution in [3.05, 3.63) is 48.8 Å². The number of nitrogens with one attached hydrogen (secondary N) is 3. The number of nitrogens with zero attached hydrogens (tertiary/aromatic N) is 3. The average molecular weight is 360 g/mol. The molecule has 27 heavy (non-hydrogen) atoms. The molecule has 0 fully saturated rings. The van der Waals surface area contributed by atoms with E-state index in [4.69, 9.17) is 0 Å². The maximum Gasteiger partial charge on any atom is 0.224 e. The molecule has 0 radical (unpaired) electrons. The molecule has 2 aromatic heterocycles. The lowest BCUT2D eigenvalue weighted by atomic mass is 10.0. The molecule has 7 heteroatoms. The molecular weight excluding hydrogens is 340 g/mol. The number of benzene rings is 2. The standard InChI is InChI=1S/C20H20N6O/c1-12(2)8-18(27)23-15-5-3-4-13(9-15)19-16-10-14(20-21-11-22-26-20)6-7-17(16)24-25-19/h3-7,9-12H,8H2,1-2H3,(H,23,27)(H,24,25)(H,21,22,26). The molecule has 2 aromatic carbocycles. The first-order chi connectivity index (χ1) is 13.1. The van der Waals surface area contributed by atoms with Crippen molar-refractivity contribution in [3.8, 4) is 22.6 Å². The predicted molar refractivity (Wildman–Crippen MR) is 105 cm³/mol. The number of rotatable bonds is 5. The van der Waals surface area contributed by atoms with Gasteiger partial charge < -0.3 is 5.32 Å². The van der Waals surface area contributed by atoms with Gasteiger partial charge >= 0.3 is 0 Å². The fourth-order valence-corrected chi connectivity index (χ4v) is 3.05. The lowest BCUT2D eigenvalue weighted by Gasteiger charge is -2.08. The van der Waals surface area contributed by atoms with E-state index in [1.807, 2.05) is 56.3 Å². The molecule has 0 aliphatic carbocycles. The number of hydrogen-bond donors (Lipinski definition) is 3. The Balaban J connectivity index is 1.69. The summed E-state index contributed by atoms with van der Waals surface area (Å²) in [5.41, 5.74) is 4.39. The van der Waals surface area contributed by atoms with Crippen molar-refractivity contribution in [3.63, 3.8) is 0 Å². The van der Waals surface area contributed by atoms with Crippen LogP contribution >= 0.6 is 0 Å². The quantitative estimate of drug-likeness (QED) is 0.501. The normalized spacial score (nSPS) is 11.2. The highest BCUT2D eigenvalue weighted by molar-refractivity contribution is 5.97. The molecule has 0 bridgehead atoms. The summed E-state index contributed by atoms with van der Waals surface area (Å²) in [5, 5.41) is 18.3. The second-order valence-electron chi connectivity index (χ2n) is 6.89. The Morgan fingerprint density at radius 3 is 2.78 bits per heavy atom. The highest BCUT2D eigenvalue weighted by atomic mass is 16.1. The van der Waals surface area contributed by atoms with E-state index in [0.717, 1.165) is 33.4 Å². The van der Waals surface area contributed by atoms with E-state index in [2.05, 4.69) is 30.7 Å². The molecular formula is C20H20N6O. The first kappa shape index (κ1) is 17.0. The third kappa shape index (κ3) is 3.57. The monoisotopic (exact) mass is 360 g/mol. The van der Waals surface area contributed by atoms with Crippen LogP contribution in [0.4, 0.5) is 5.69 Å². The van der Waals surface area contributed by atoms with Crippen LogP contribution in [0.25, 0.3) is 33.5 Å². The van der Waals surface area contributed by atoms with Crippen molar-refractivity contribution in [2.45, 2.75) is 20.3 Å². The zero-order valence-electron chi connectivity index (χ0n) is 15.2. The molecule has 7 nitrogen and oxygen atoms in total. The van der Waals surface area contributed by atoms with Crippen molar-refractivity contribution >= 4 is 22.5 Å². The second-order valence-corrected chi connectivity index (χ2v) is 6.89. The Hall–Kier alpha value is -3.48. The largest absolute Gasteiger partial charge is 0.326 e. The Kier molecular flexibility index (Phi) is 4.42. The minimum absolute atomic E-state index is 0.0154. The van der Waals surface area contributed by atoms with Crippen LogP contribution in [0.15, 0.2) is 48.8 Å². The summed E-state index contributed by atoms with van der Waals surface area (Å²) in [4.78, 5) is 16.3. The smallest absolute Gasteiger partial charge is 0.224 e. The van der Waals surface area contributed by atoms with Crippen LogP contribution in [0.3, 0.4) is 0 Å². The molecule has 4 rings (SSSR count). The number of aromatic nitrogens is 5. The zero-order valence-corrected chi connectivity index (χ0v) is 15.2. The van der Waals surface area contributed by atoms with Crippen molar-refractivity contribution in [1.29, 1.82) is 0 Å². The van der Waals surface area contributed by atoms with Gasteiger partial charge in [0.15, 0.2) is 5.82 Å². The lowest BCUT2D eigenvalue weighted by Crippen LogP contribution is -2.13. The van der Waals surface area contributed by atoms with Crippen LogP contribution in [-0.2, 0) is 4.79 Å². The molecule has 1 amide bonds. The SMILES string of the molecule is CC(C)CC(=O)Nc1cccc(-c2n[nH]c3ccc(-c4ncn[nH]4)cc23)c1. The first-order valence-corrected chi connectivity index (χ1v) is 8.84. The molecule has 2 heterocycles. The number of fused-ring (bicyclic) bond motifs is 1. The van der Waals surface area contributed by atoms with E-state index >= 15 is 0 Å². The van der Waals surface area contributed by atoms with Gasteiger partial charge in [0.25, 0.3) is 0 Å². The summed E-state index contributed by atoms with van der Waals surface area (Å²) in [6.45, 7) is 4.05. The predicted octanol–water partition coefficient (Wildman–Crippen LogP) is 4.00. The number of carbonyl (C=O) groups excluding carboxylic acids is 1. The summed E-state index contributed by atoms with van der Waals surface area (Å²) < 4.78 is 0. The van der Waals surface area contributed by atoms with Gasteiger partial charge in [-0.3, -0.25) is 15.0 Å². The number of hydrogen-bond acceptors (Lipinski definition) is 4. The molecule has 0 aliphatic rings. The minimum atomic E-state index is 0.0154. The van der Waals surface area contributed by atoms with Gasteiger partial charge in [-0.25, -0.2) is 4.98 Å².